The molecular weight excluding hydrogens is 396 g/mol. The Morgan fingerprint density at radius 1 is 1.16 bits per heavy atom. The maximum Gasteiger partial charge on any atom is 0.142 e. The van der Waals surface area contributed by atoms with Crippen LogP contribution >= 0.6 is 43.5 Å². The van der Waals surface area contributed by atoms with Crippen molar-refractivity contribution in [3.8, 4) is 0 Å². The third-order valence-corrected chi connectivity index (χ3v) is 4.24. The van der Waals surface area contributed by atoms with E-state index in [1.54, 1.807) is 6.07 Å². The molecule has 0 aliphatic heterocycles. The number of benzene rings is 2. The molecule has 2 aromatic rings. The Balaban J connectivity index is 2.22. The molecule has 5 heteroatoms. The highest BCUT2D eigenvalue weighted by atomic mass is 79.9. The lowest BCUT2D eigenvalue weighted by Crippen LogP contribution is -2.07. The number of anilines is 1. The van der Waals surface area contributed by atoms with Crippen LogP contribution in [0.5, 0.6) is 0 Å². The summed E-state index contributed by atoms with van der Waals surface area (Å²) in [5.41, 5.74) is 1.78. The maximum absolute atomic E-state index is 13.4. The quantitative estimate of drug-likeness (QED) is 0.641. The van der Waals surface area contributed by atoms with E-state index in [4.69, 9.17) is 11.6 Å². The topological polar surface area (TPSA) is 12.0 Å². The first-order valence-electron chi connectivity index (χ1n) is 5.64. The summed E-state index contributed by atoms with van der Waals surface area (Å²) in [5.74, 6) is -0.402. The maximum atomic E-state index is 13.4. The van der Waals surface area contributed by atoms with Crippen molar-refractivity contribution in [3.63, 3.8) is 0 Å². The van der Waals surface area contributed by atoms with Gasteiger partial charge in [-0.15, -0.1) is 0 Å². The van der Waals surface area contributed by atoms with Crippen LogP contribution in [0.4, 0.5) is 10.1 Å². The zero-order valence-corrected chi connectivity index (χ0v) is 14.0. The predicted molar refractivity (Wildman–Crippen MR) is 85.3 cm³/mol. The van der Waals surface area contributed by atoms with Gasteiger partial charge in [0.1, 0.15) is 5.82 Å². The van der Waals surface area contributed by atoms with E-state index >= 15 is 0 Å². The van der Waals surface area contributed by atoms with E-state index in [-0.39, 0.29) is 11.1 Å². The predicted octanol–water partition coefficient (Wildman–Crippen LogP) is 6.18. The molecule has 2 aromatic carbocycles. The fourth-order valence-corrected chi connectivity index (χ4v) is 2.55. The monoisotopic (exact) mass is 405 g/mol. The third-order valence-electron chi connectivity index (χ3n) is 2.74. The van der Waals surface area contributed by atoms with Gasteiger partial charge in [-0.05, 0) is 58.7 Å². The number of hydrogen-bond acceptors (Lipinski definition) is 1. The molecule has 19 heavy (non-hydrogen) atoms. The first-order valence-corrected chi connectivity index (χ1v) is 7.60. The van der Waals surface area contributed by atoms with Crippen LogP contribution in [0.3, 0.4) is 0 Å². The molecule has 0 heterocycles. The summed E-state index contributed by atoms with van der Waals surface area (Å²) in [7, 11) is 0. The Bertz CT molecular complexity index is 604. The molecule has 0 aliphatic carbocycles. The summed E-state index contributed by atoms with van der Waals surface area (Å²) in [5, 5.41) is 3.47. The summed E-state index contributed by atoms with van der Waals surface area (Å²) >= 11 is 12.6. The standard InChI is InChI=1S/C14H11Br2ClFN/c1-8(9-2-5-12(17)13(18)6-9)19-14-7-10(15)3-4-11(14)16/h2-8,19H,1H3. The molecule has 0 saturated carbocycles. The van der Waals surface area contributed by atoms with Crippen LogP contribution in [0.25, 0.3) is 0 Å². The second-order valence-electron chi connectivity index (χ2n) is 4.16. The summed E-state index contributed by atoms with van der Waals surface area (Å²) in [4.78, 5) is 0. The Morgan fingerprint density at radius 2 is 1.89 bits per heavy atom. The lowest BCUT2D eigenvalue weighted by molar-refractivity contribution is 0.624. The summed E-state index contributed by atoms with van der Waals surface area (Å²) in [6.45, 7) is 1.97. The highest BCUT2D eigenvalue weighted by Crippen LogP contribution is 2.30. The molecule has 1 unspecified atom stereocenters. The number of halogens is 4. The molecule has 100 valence electrons. The van der Waals surface area contributed by atoms with Gasteiger partial charge in [-0.2, -0.15) is 0 Å². The summed E-state index contributed by atoms with van der Waals surface area (Å²) < 4.78 is 15.4. The van der Waals surface area contributed by atoms with Gasteiger partial charge in [0.2, 0.25) is 0 Å². The van der Waals surface area contributed by atoms with Gasteiger partial charge in [-0.25, -0.2) is 4.39 Å². The summed E-state index contributed by atoms with van der Waals surface area (Å²) in [6.07, 6.45) is 0. The SMILES string of the molecule is CC(Nc1cc(Br)ccc1Br)c1ccc(Cl)c(F)c1. The van der Waals surface area contributed by atoms with Gasteiger partial charge in [-0.1, -0.05) is 33.6 Å². The van der Waals surface area contributed by atoms with Crippen molar-refractivity contribution >= 4 is 49.1 Å². The van der Waals surface area contributed by atoms with E-state index in [9.17, 15) is 4.39 Å². The van der Waals surface area contributed by atoms with E-state index < -0.39 is 5.82 Å². The Labute approximate surface area is 133 Å². The van der Waals surface area contributed by atoms with E-state index in [0.29, 0.717) is 0 Å². The zero-order chi connectivity index (χ0) is 14.0. The highest BCUT2D eigenvalue weighted by molar-refractivity contribution is 9.11. The Kier molecular flexibility index (Phi) is 4.87. The second kappa shape index (κ2) is 6.25. The first-order chi connectivity index (χ1) is 8.97. The van der Waals surface area contributed by atoms with Crippen molar-refractivity contribution < 1.29 is 4.39 Å². The number of nitrogens with one attached hydrogen (secondary N) is 1. The lowest BCUT2D eigenvalue weighted by Gasteiger charge is -2.17. The number of rotatable bonds is 3. The van der Waals surface area contributed by atoms with Gasteiger partial charge >= 0.3 is 0 Å². The van der Waals surface area contributed by atoms with E-state index in [1.165, 1.54) is 6.07 Å². The lowest BCUT2D eigenvalue weighted by atomic mass is 10.1. The van der Waals surface area contributed by atoms with E-state index in [0.717, 1.165) is 20.2 Å². The van der Waals surface area contributed by atoms with Crippen LogP contribution in [0.1, 0.15) is 18.5 Å². The molecule has 0 spiro atoms. The first kappa shape index (κ1) is 14.8. The second-order valence-corrected chi connectivity index (χ2v) is 6.34. The van der Waals surface area contributed by atoms with Crippen molar-refractivity contribution in [2.24, 2.45) is 0 Å². The van der Waals surface area contributed by atoms with Gasteiger partial charge in [-0.3, -0.25) is 0 Å². The molecule has 0 bridgehead atoms. The fraction of sp³-hybridized carbons (Fsp3) is 0.143. The van der Waals surface area contributed by atoms with E-state index in [2.05, 4.69) is 37.2 Å². The van der Waals surface area contributed by atoms with Crippen LogP contribution in [0, 0.1) is 5.82 Å². The minimum atomic E-state index is -0.402. The van der Waals surface area contributed by atoms with E-state index in [1.807, 2.05) is 31.2 Å². The van der Waals surface area contributed by atoms with Crippen molar-refractivity contribution in [3.05, 3.63) is 61.7 Å². The van der Waals surface area contributed by atoms with Crippen LogP contribution in [0.15, 0.2) is 45.3 Å². The molecule has 0 fully saturated rings. The molecule has 1 N–H and O–H groups in total. The smallest absolute Gasteiger partial charge is 0.142 e. The van der Waals surface area contributed by atoms with Crippen molar-refractivity contribution in [1.82, 2.24) is 0 Å². The highest BCUT2D eigenvalue weighted by Gasteiger charge is 2.10. The minimum absolute atomic E-state index is 0.0302. The zero-order valence-electron chi connectivity index (χ0n) is 10.1. The van der Waals surface area contributed by atoms with Gasteiger partial charge < -0.3 is 5.32 Å². The van der Waals surface area contributed by atoms with Crippen molar-refractivity contribution in [2.75, 3.05) is 5.32 Å². The molecule has 1 nitrogen and oxygen atoms in total. The van der Waals surface area contributed by atoms with Gasteiger partial charge in [0.25, 0.3) is 0 Å². The molecule has 0 aromatic heterocycles. The Hall–Kier alpha value is -0.580. The van der Waals surface area contributed by atoms with Gasteiger partial charge in [0, 0.05) is 15.0 Å². The third kappa shape index (κ3) is 3.71. The van der Waals surface area contributed by atoms with Crippen molar-refractivity contribution in [1.29, 1.82) is 0 Å². The normalized spacial score (nSPS) is 12.3. The molecule has 0 aliphatic rings. The molecule has 0 radical (unpaired) electrons. The molecular formula is C14H11Br2ClFN. The van der Waals surface area contributed by atoms with Crippen LogP contribution in [0.2, 0.25) is 5.02 Å². The molecule has 0 saturated heterocycles. The molecule has 2 rings (SSSR count). The average molecular weight is 408 g/mol. The number of hydrogen-bond donors (Lipinski definition) is 1. The molecule has 0 amide bonds. The molecule has 1 atom stereocenters. The van der Waals surface area contributed by atoms with Gasteiger partial charge in [0.05, 0.1) is 10.7 Å². The van der Waals surface area contributed by atoms with Crippen LogP contribution in [-0.4, -0.2) is 0 Å². The minimum Gasteiger partial charge on any atom is -0.378 e. The largest absolute Gasteiger partial charge is 0.378 e. The van der Waals surface area contributed by atoms with Crippen LogP contribution < -0.4 is 5.32 Å². The van der Waals surface area contributed by atoms with Crippen LogP contribution in [-0.2, 0) is 0 Å². The fourth-order valence-electron chi connectivity index (χ4n) is 1.71. The average Bonchev–Trinajstić information content (AvgIpc) is 2.37. The van der Waals surface area contributed by atoms with Gasteiger partial charge in [0.15, 0.2) is 0 Å². The Morgan fingerprint density at radius 3 is 2.58 bits per heavy atom. The van der Waals surface area contributed by atoms with Crippen molar-refractivity contribution in [2.45, 2.75) is 13.0 Å². The summed E-state index contributed by atoms with van der Waals surface area (Å²) in [6, 6.07) is 10.7.